The summed E-state index contributed by atoms with van der Waals surface area (Å²) in [5, 5.41) is 6.13. The number of hydrogen-bond acceptors (Lipinski definition) is 3. The minimum absolute atomic E-state index is 0. The molecular weight excluding hydrogens is 175 g/mol. The number of rotatable bonds is 1. The fourth-order valence-corrected chi connectivity index (χ4v) is 0.772. The van der Waals surface area contributed by atoms with Crippen LogP contribution in [0.1, 0.15) is 0 Å². The fraction of sp³-hybridized carbons (Fsp3) is 0.800. The lowest BCUT2D eigenvalue weighted by molar-refractivity contribution is -0.109. The molecule has 0 amide bonds. The number of carbonyl (C=O) groups excluding carboxylic acids is 1. The van der Waals surface area contributed by atoms with Crippen LogP contribution in [0.2, 0.25) is 0 Å². The average Bonchev–Trinajstić information content (AvgIpc) is 1.90. The van der Waals surface area contributed by atoms with Gasteiger partial charge in [-0.1, -0.05) is 0 Å². The first-order valence-electron chi connectivity index (χ1n) is 2.83. The minimum Gasteiger partial charge on any atom is -0.313 e. The summed E-state index contributed by atoms with van der Waals surface area (Å²) in [6.07, 6.45) is 0.937. The highest BCUT2D eigenvalue weighted by atomic mass is 35.5. The normalized spacial score (nSPS) is 23.8. The molecule has 0 aromatic rings. The van der Waals surface area contributed by atoms with Crippen LogP contribution in [0.3, 0.4) is 0 Å². The van der Waals surface area contributed by atoms with Gasteiger partial charge < -0.3 is 15.4 Å². The van der Waals surface area contributed by atoms with Gasteiger partial charge in [-0.25, -0.2) is 0 Å². The average molecular weight is 187 g/mol. The van der Waals surface area contributed by atoms with E-state index in [4.69, 9.17) is 0 Å². The molecule has 1 saturated heterocycles. The zero-order chi connectivity index (χ0) is 5.82. The number of nitrogens with one attached hydrogen (secondary N) is 2. The zero-order valence-electron chi connectivity index (χ0n) is 5.50. The number of halogens is 2. The Kier molecular flexibility index (Phi) is 9.33. The van der Waals surface area contributed by atoms with Crippen molar-refractivity contribution in [3.05, 3.63) is 0 Å². The van der Waals surface area contributed by atoms with Crippen LogP contribution in [0.5, 0.6) is 0 Å². The third kappa shape index (κ3) is 4.06. The summed E-state index contributed by atoms with van der Waals surface area (Å²) < 4.78 is 0. The summed E-state index contributed by atoms with van der Waals surface area (Å²) in [6.45, 7) is 2.66. The van der Waals surface area contributed by atoms with Crippen molar-refractivity contribution in [2.45, 2.75) is 6.04 Å². The SMILES string of the molecule is Cl.Cl.O=CC1CNCCN1. The Labute approximate surface area is 72.8 Å². The molecule has 0 radical (unpaired) electrons. The Hall–Kier alpha value is 0.170. The smallest absolute Gasteiger partial charge is 0.138 e. The van der Waals surface area contributed by atoms with Crippen LogP contribution < -0.4 is 10.6 Å². The Morgan fingerprint density at radius 2 is 2.00 bits per heavy atom. The molecule has 1 aliphatic rings. The van der Waals surface area contributed by atoms with Gasteiger partial charge in [-0.3, -0.25) is 0 Å². The van der Waals surface area contributed by atoms with Crippen LogP contribution in [-0.4, -0.2) is 32.0 Å². The highest BCUT2D eigenvalue weighted by Crippen LogP contribution is 1.79. The van der Waals surface area contributed by atoms with Crippen molar-refractivity contribution in [1.29, 1.82) is 0 Å². The van der Waals surface area contributed by atoms with Crippen LogP contribution in [0.15, 0.2) is 0 Å². The second kappa shape index (κ2) is 7.28. The van der Waals surface area contributed by atoms with Gasteiger partial charge in [0.05, 0.1) is 6.04 Å². The highest BCUT2D eigenvalue weighted by Gasteiger charge is 2.08. The maximum atomic E-state index is 10.1. The van der Waals surface area contributed by atoms with Gasteiger partial charge in [-0.15, -0.1) is 24.8 Å². The lowest BCUT2D eigenvalue weighted by atomic mass is 10.3. The van der Waals surface area contributed by atoms with Crippen LogP contribution in [-0.2, 0) is 4.79 Å². The van der Waals surface area contributed by atoms with E-state index in [2.05, 4.69) is 10.6 Å². The lowest BCUT2D eigenvalue weighted by Gasteiger charge is -2.18. The van der Waals surface area contributed by atoms with E-state index >= 15 is 0 Å². The summed E-state index contributed by atoms with van der Waals surface area (Å²) in [4.78, 5) is 10.1. The molecule has 5 heteroatoms. The van der Waals surface area contributed by atoms with Crippen molar-refractivity contribution in [3.63, 3.8) is 0 Å². The second-order valence-corrected chi connectivity index (χ2v) is 1.90. The van der Waals surface area contributed by atoms with Crippen molar-refractivity contribution in [3.8, 4) is 0 Å². The Morgan fingerprint density at radius 1 is 1.30 bits per heavy atom. The molecule has 1 aliphatic heterocycles. The van der Waals surface area contributed by atoms with Gasteiger partial charge >= 0.3 is 0 Å². The van der Waals surface area contributed by atoms with Crippen LogP contribution in [0.4, 0.5) is 0 Å². The quantitative estimate of drug-likeness (QED) is 0.548. The Morgan fingerprint density at radius 3 is 2.30 bits per heavy atom. The number of hydrogen-bond donors (Lipinski definition) is 2. The second-order valence-electron chi connectivity index (χ2n) is 1.90. The van der Waals surface area contributed by atoms with Gasteiger partial charge in [0.25, 0.3) is 0 Å². The molecule has 0 spiro atoms. The standard InChI is InChI=1S/C5H10N2O.2ClH/c8-4-5-3-6-1-2-7-5;;/h4-7H,1-3H2;2*1H. The maximum absolute atomic E-state index is 10.1. The van der Waals surface area contributed by atoms with Crippen molar-refractivity contribution in [2.75, 3.05) is 19.6 Å². The first-order valence-corrected chi connectivity index (χ1v) is 2.83. The van der Waals surface area contributed by atoms with E-state index in [0.29, 0.717) is 0 Å². The first-order chi connectivity index (χ1) is 3.93. The van der Waals surface area contributed by atoms with Crippen LogP contribution in [0, 0.1) is 0 Å². The highest BCUT2D eigenvalue weighted by molar-refractivity contribution is 5.85. The number of aldehydes is 1. The maximum Gasteiger partial charge on any atom is 0.138 e. The Bertz CT molecular complexity index is 85.7. The molecule has 0 aromatic heterocycles. The van der Waals surface area contributed by atoms with Gasteiger partial charge in [-0.05, 0) is 0 Å². The van der Waals surface area contributed by atoms with Gasteiger partial charge in [0.15, 0.2) is 0 Å². The lowest BCUT2D eigenvalue weighted by Crippen LogP contribution is -2.48. The summed E-state index contributed by atoms with van der Waals surface area (Å²) in [7, 11) is 0. The molecule has 0 saturated carbocycles. The molecule has 1 rings (SSSR count). The van der Waals surface area contributed by atoms with Crippen molar-refractivity contribution >= 4 is 31.1 Å². The van der Waals surface area contributed by atoms with E-state index in [1.54, 1.807) is 0 Å². The van der Waals surface area contributed by atoms with E-state index in [-0.39, 0.29) is 30.9 Å². The van der Waals surface area contributed by atoms with E-state index in [0.717, 1.165) is 25.9 Å². The van der Waals surface area contributed by atoms with E-state index in [1.807, 2.05) is 0 Å². The fourth-order valence-electron chi connectivity index (χ4n) is 0.772. The minimum atomic E-state index is 0. The predicted octanol–water partition coefficient (Wildman–Crippen LogP) is -0.410. The molecule has 0 bridgehead atoms. The third-order valence-corrected chi connectivity index (χ3v) is 1.24. The topological polar surface area (TPSA) is 41.1 Å². The van der Waals surface area contributed by atoms with Crippen molar-refractivity contribution in [1.82, 2.24) is 10.6 Å². The van der Waals surface area contributed by atoms with Gasteiger partial charge in [0, 0.05) is 19.6 Å². The summed E-state index contributed by atoms with van der Waals surface area (Å²) in [5.74, 6) is 0. The summed E-state index contributed by atoms with van der Waals surface area (Å²) >= 11 is 0. The monoisotopic (exact) mass is 186 g/mol. The van der Waals surface area contributed by atoms with Crippen molar-refractivity contribution in [2.24, 2.45) is 0 Å². The van der Waals surface area contributed by atoms with E-state index < -0.39 is 0 Å². The van der Waals surface area contributed by atoms with E-state index in [1.165, 1.54) is 0 Å². The van der Waals surface area contributed by atoms with E-state index in [9.17, 15) is 4.79 Å². The molecule has 2 N–H and O–H groups in total. The van der Waals surface area contributed by atoms with Crippen molar-refractivity contribution < 1.29 is 4.79 Å². The first kappa shape index (κ1) is 12.8. The molecule has 62 valence electrons. The van der Waals surface area contributed by atoms with Gasteiger partial charge in [-0.2, -0.15) is 0 Å². The molecule has 10 heavy (non-hydrogen) atoms. The molecule has 0 aromatic carbocycles. The largest absolute Gasteiger partial charge is 0.313 e. The van der Waals surface area contributed by atoms with Gasteiger partial charge in [0.2, 0.25) is 0 Å². The molecule has 1 heterocycles. The van der Waals surface area contributed by atoms with Gasteiger partial charge in [0.1, 0.15) is 6.29 Å². The van der Waals surface area contributed by atoms with Crippen LogP contribution in [0.25, 0.3) is 0 Å². The molecule has 0 aliphatic carbocycles. The molecule has 1 atom stereocenters. The summed E-state index contributed by atoms with van der Waals surface area (Å²) in [6, 6.07) is 0.0451. The van der Waals surface area contributed by atoms with Crippen LogP contribution >= 0.6 is 24.8 Å². The zero-order valence-corrected chi connectivity index (χ0v) is 7.13. The molecule has 3 nitrogen and oxygen atoms in total. The summed E-state index contributed by atoms with van der Waals surface area (Å²) in [5.41, 5.74) is 0. The number of piperazine rings is 1. The molecule has 1 unspecified atom stereocenters. The predicted molar refractivity (Wildman–Crippen MR) is 45.2 cm³/mol. The Balaban J connectivity index is 0. The number of carbonyl (C=O) groups is 1. The third-order valence-electron chi connectivity index (χ3n) is 1.24. The molecular formula is C5H12Cl2N2O. The molecule has 1 fully saturated rings.